The third kappa shape index (κ3) is 3.66. The van der Waals surface area contributed by atoms with Crippen LogP contribution in [0, 0.1) is 6.92 Å². The molecule has 0 bridgehead atoms. The number of esters is 1. The number of benzene rings is 1. The van der Waals surface area contributed by atoms with Gasteiger partial charge in [0.15, 0.2) is 0 Å². The summed E-state index contributed by atoms with van der Waals surface area (Å²) in [6.45, 7) is 4.71. The second-order valence-corrected chi connectivity index (χ2v) is 3.85. The van der Waals surface area contributed by atoms with E-state index in [0.29, 0.717) is 6.54 Å². The van der Waals surface area contributed by atoms with Crippen LogP contribution in [0.1, 0.15) is 24.5 Å². The van der Waals surface area contributed by atoms with E-state index in [1.807, 2.05) is 6.92 Å². The van der Waals surface area contributed by atoms with Gasteiger partial charge in [-0.25, -0.2) is 0 Å². The molecular weight excluding hydrogens is 202 g/mol. The summed E-state index contributed by atoms with van der Waals surface area (Å²) < 4.78 is 4.71. The molecule has 3 heteroatoms. The lowest BCUT2D eigenvalue weighted by molar-refractivity contribution is -0.143. The minimum absolute atomic E-state index is 0.199. The van der Waals surface area contributed by atoms with Gasteiger partial charge in [-0.3, -0.25) is 4.79 Å². The summed E-state index contributed by atoms with van der Waals surface area (Å²) in [5.74, 6) is -0.199. The highest BCUT2D eigenvalue weighted by molar-refractivity contribution is 5.75. The molecule has 0 heterocycles. The van der Waals surface area contributed by atoms with E-state index in [1.54, 1.807) is 0 Å². The molecule has 3 nitrogen and oxygen atoms in total. The number of hydrogen-bond donors (Lipinski definition) is 1. The fraction of sp³-hybridized carbons (Fsp3) is 0.462. The summed E-state index contributed by atoms with van der Waals surface area (Å²) >= 11 is 0. The number of hydrogen-bond acceptors (Lipinski definition) is 3. The van der Waals surface area contributed by atoms with Crippen LogP contribution < -0.4 is 5.32 Å². The van der Waals surface area contributed by atoms with E-state index in [1.165, 1.54) is 18.2 Å². The van der Waals surface area contributed by atoms with Gasteiger partial charge < -0.3 is 10.1 Å². The third-order valence-corrected chi connectivity index (χ3v) is 2.57. The zero-order chi connectivity index (χ0) is 12.0. The monoisotopic (exact) mass is 221 g/mol. The molecule has 1 aromatic carbocycles. The predicted molar refractivity (Wildman–Crippen MR) is 64.1 cm³/mol. The van der Waals surface area contributed by atoms with Crippen LogP contribution in [-0.4, -0.2) is 19.1 Å². The van der Waals surface area contributed by atoms with Gasteiger partial charge in [-0.05, 0) is 18.9 Å². The van der Waals surface area contributed by atoms with Crippen LogP contribution in [0.25, 0.3) is 0 Å². The Morgan fingerprint density at radius 2 is 2.00 bits per heavy atom. The second kappa shape index (κ2) is 6.28. The van der Waals surface area contributed by atoms with Crippen molar-refractivity contribution in [2.24, 2.45) is 0 Å². The fourth-order valence-electron chi connectivity index (χ4n) is 1.48. The Hall–Kier alpha value is -1.35. The smallest absolute Gasteiger partial charge is 0.322 e. The summed E-state index contributed by atoms with van der Waals surface area (Å²) in [5.41, 5.74) is 2.41. The Morgan fingerprint density at radius 1 is 1.38 bits per heavy atom. The van der Waals surface area contributed by atoms with Crippen LogP contribution in [0.4, 0.5) is 0 Å². The van der Waals surface area contributed by atoms with Gasteiger partial charge in [0.25, 0.3) is 0 Å². The molecule has 0 radical (unpaired) electrons. The van der Waals surface area contributed by atoms with E-state index in [-0.39, 0.29) is 12.0 Å². The SMILES string of the molecule is CCC(NCc1ccc(C)cc1)C(=O)OC. The summed E-state index contributed by atoms with van der Waals surface area (Å²) in [4.78, 5) is 11.3. The predicted octanol–water partition coefficient (Wildman–Crippen LogP) is 2.04. The number of rotatable bonds is 5. The number of methoxy groups -OCH3 is 1. The molecule has 0 aliphatic rings. The van der Waals surface area contributed by atoms with Crippen molar-refractivity contribution in [1.82, 2.24) is 5.32 Å². The summed E-state index contributed by atoms with van der Waals surface area (Å²) in [6.07, 6.45) is 0.735. The van der Waals surface area contributed by atoms with E-state index >= 15 is 0 Å². The van der Waals surface area contributed by atoms with Crippen LogP contribution in [0.5, 0.6) is 0 Å². The lowest BCUT2D eigenvalue weighted by Crippen LogP contribution is -2.36. The van der Waals surface area contributed by atoms with E-state index < -0.39 is 0 Å². The van der Waals surface area contributed by atoms with Gasteiger partial charge in [0.1, 0.15) is 6.04 Å². The highest BCUT2D eigenvalue weighted by atomic mass is 16.5. The molecule has 1 atom stereocenters. The number of carbonyl (C=O) groups is 1. The Balaban J connectivity index is 2.49. The molecule has 0 aliphatic carbocycles. The van der Waals surface area contributed by atoms with E-state index in [0.717, 1.165) is 6.42 Å². The zero-order valence-corrected chi connectivity index (χ0v) is 10.1. The van der Waals surface area contributed by atoms with Crippen LogP contribution >= 0.6 is 0 Å². The van der Waals surface area contributed by atoms with Crippen molar-refractivity contribution in [1.29, 1.82) is 0 Å². The Morgan fingerprint density at radius 3 is 2.50 bits per heavy atom. The van der Waals surface area contributed by atoms with Gasteiger partial charge in [-0.1, -0.05) is 36.8 Å². The zero-order valence-electron chi connectivity index (χ0n) is 10.1. The largest absolute Gasteiger partial charge is 0.468 e. The summed E-state index contributed by atoms with van der Waals surface area (Å²) in [6, 6.07) is 8.04. The minimum atomic E-state index is -0.216. The summed E-state index contributed by atoms with van der Waals surface area (Å²) in [7, 11) is 1.42. The fourth-order valence-corrected chi connectivity index (χ4v) is 1.48. The molecule has 0 spiro atoms. The van der Waals surface area contributed by atoms with Crippen molar-refractivity contribution < 1.29 is 9.53 Å². The maximum absolute atomic E-state index is 11.3. The lowest BCUT2D eigenvalue weighted by atomic mass is 10.1. The van der Waals surface area contributed by atoms with Crippen molar-refractivity contribution >= 4 is 5.97 Å². The molecule has 0 saturated heterocycles. The van der Waals surface area contributed by atoms with Crippen LogP contribution in [0.3, 0.4) is 0 Å². The Labute approximate surface area is 96.8 Å². The highest BCUT2D eigenvalue weighted by Gasteiger charge is 2.15. The lowest BCUT2D eigenvalue weighted by Gasteiger charge is -2.14. The number of carbonyl (C=O) groups excluding carboxylic acids is 1. The standard InChI is InChI=1S/C13H19NO2/c1-4-12(13(15)16-3)14-9-11-7-5-10(2)6-8-11/h5-8,12,14H,4,9H2,1-3H3. The minimum Gasteiger partial charge on any atom is -0.468 e. The molecule has 0 saturated carbocycles. The Kier molecular flexibility index (Phi) is 4.99. The average molecular weight is 221 g/mol. The van der Waals surface area contributed by atoms with E-state index in [9.17, 15) is 4.79 Å². The maximum atomic E-state index is 11.3. The number of nitrogens with one attached hydrogen (secondary N) is 1. The molecule has 88 valence electrons. The Bertz CT molecular complexity index is 332. The normalized spacial score (nSPS) is 12.2. The molecule has 1 N–H and O–H groups in total. The van der Waals surface area contributed by atoms with E-state index in [2.05, 4.69) is 36.5 Å². The van der Waals surface area contributed by atoms with E-state index in [4.69, 9.17) is 4.74 Å². The molecular formula is C13H19NO2. The van der Waals surface area contributed by atoms with Gasteiger partial charge in [0, 0.05) is 6.54 Å². The average Bonchev–Trinajstić information content (AvgIpc) is 2.31. The van der Waals surface area contributed by atoms with Crippen LogP contribution in [-0.2, 0) is 16.1 Å². The molecule has 0 aromatic heterocycles. The maximum Gasteiger partial charge on any atom is 0.322 e. The molecule has 0 fully saturated rings. The molecule has 16 heavy (non-hydrogen) atoms. The molecule has 1 unspecified atom stereocenters. The first-order valence-electron chi connectivity index (χ1n) is 5.54. The highest BCUT2D eigenvalue weighted by Crippen LogP contribution is 2.04. The molecule has 0 aliphatic heterocycles. The third-order valence-electron chi connectivity index (χ3n) is 2.57. The van der Waals surface area contributed by atoms with Crippen molar-refractivity contribution in [3.8, 4) is 0 Å². The molecule has 1 rings (SSSR count). The van der Waals surface area contributed by atoms with Gasteiger partial charge in [0.05, 0.1) is 7.11 Å². The topological polar surface area (TPSA) is 38.3 Å². The van der Waals surface area contributed by atoms with Crippen LogP contribution in [0.2, 0.25) is 0 Å². The summed E-state index contributed by atoms with van der Waals surface area (Å²) in [5, 5.41) is 3.18. The van der Waals surface area contributed by atoms with Crippen molar-refractivity contribution in [3.63, 3.8) is 0 Å². The van der Waals surface area contributed by atoms with Crippen molar-refractivity contribution in [2.45, 2.75) is 32.9 Å². The first kappa shape index (κ1) is 12.7. The van der Waals surface area contributed by atoms with Crippen LogP contribution in [0.15, 0.2) is 24.3 Å². The number of ether oxygens (including phenoxy) is 1. The van der Waals surface area contributed by atoms with Gasteiger partial charge in [-0.15, -0.1) is 0 Å². The van der Waals surface area contributed by atoms with Crippen molar-refractivity contribution in [3.05, 3.63) is 35.4 Å². The second-order valence-electron chi connectivity index (χ2n) is 3.85. The number of aryl methyl sites for hydroxylation is 1. The first-order valence-corrected chi connectivity index (χ1v) is 5.54. The molecule has 0 amide bonds. The molecule has 1 aromatic rings. The first-order chi connectivity index (χ1) is 7.67. The quantitative estimate of drug-likeness (QED) is 0.773. The van der Waals surface area contributed by atoms with Gasteiger partial charge in [-0.2, -0.15) is 0 Å². The van der Waals surface area contributed by atoms with Gasteiger partial charge >= 0.3 is 5.97 Å². The van der Waals surface area contributed by atoms with Crippen molar-refractivity contribution in [2.75, 3.05) is 7.11 Å². The van der Waals surface area contributed by atoms with Gasteiger partial charge in [0.2, 0.25) is 0 Å².